The van der Waals surface area contributed by atoms with E-state index in [0.717, 1.165) is 0 Å². The number of halogens is 1. The summed E-state index contributed by atoms with van der Waals surface area (Å²) >= 11 is 6.08. The van der Waals surface area contributed by atoms with Gasteiger partial charge in [-0.05, 0) is 32.0 Å². The van der Waals surface area contributed by atoms with Crippen LogP contribution in [0.5, 0.6) is 0 Å². The standard InChI is InChI=1S/C16H18ClN5O4/c1-4-14(23)18-11-5-6-12(17)13(7-11)19-15(24)8-21-10(3)16(22(25)26)9(2)20-21/h5-7H,4,8H2,1-3H3,(H,18,23)(H,19,24). The average Bonchev–Trinajstić information content (AvgIpc) is 2.84. The molecule has 2 aromatic rings. The number of nitro groups is 1. The fraction of sp³-hybridized carbons (Fsp3) is 0.312. The zero-order valence-electron chi connectivity index (χ0n) is 14.5. The lowest BCUT2D eigenvalue weighted by Gasteiger charge is -2.11. The van der Waals surface area contributed by atoms with E-state index in [4.69, 9.17) is 11.6 Å². The van der Waals surface area contributed by atoms with Gasteiger partial charge in [0.2, 0.25) is 11.8 Å². The Morgan fingerprint density at radius 2 is 1.96 bits per heavy atom. The Morgan fingerprint density at radius 3 is 2.54 bits per heavy atom. The highest BCUT2D eigenvalue weighted by atomic mass is 35.5. The Balaban J connectivity index is 2.15. The third-order valence-corrected chi connectivity index (χ3v) is 3.99. The van der Waals surface area contributed by atoms with Crippen LogP contribution in [0.4, 0.5) is 17.1 Å². The van der Waals surface area contributed by atoms with Gasteiger partial charge < -0.3 is 10.6 Å². The van der Waals surface area contributed by atoms with Crippen LogP contribution in [0.2, 0.25) is 5.02 Å². The Kier molecular flexibility index (Phi) is 5.93. The molecule has 2 rings (SSSR count). The van der Waals surface area contributed by atoms with Gasteiger partial charge in [-0.15, -0.1) is 0 Å². The molecule has 0 radical (unpaired) electrons. The minimum atomic E-state index is -0.525. The molecule has 0 spiro atoms. The normalized spacial score (nSPS) is 10.5. The molecule has 0 bridgehead atoms. The molecule has 138 valence electrons. The first-order valence-corrected chi connectivity index (χ1v) is 8.18. The van der Waals surface area contributed by atoms with E-state index in [1.54, 1.807) is 19.1 Å². The summed E-state index contributed by atoms with van der Waals surface area (Å²) in [5.74, 6) is -0.620. The number of hydrogen-bond acceptors (Lipinski definition) is 5. The summed E-state index contributed by atoms with van der Waals surface area (Å²) in [4.78, 5) is 34.3. The van der Waals surface area contributed by atoms with Crippen LogP contribution in [0.1, 0.15) is 24.7 Å². The van der Waals surface area contributed by atoms with Crippen molar-refractivity contribution in [2.45, 2.75) is 33.7 Å². The van der Waals surface area contributed by atoms with Gasteiger partial charge in [0, 0.05) is 12.1 Å². The Bertz CT molecular complexity index is 878. The fourth-order valence-corrected chi connectivity index (χ4v) is 2.54. The van der Waals surface area contributed by atoms with Gasteiger partial charge in [0.05, 0.1) is 15.6 Å². The van der Waals surface area contributed by atoms with Crippen molar-refractivity contribution in [3.63, 3.8) is 0 Å². The predicted molar refractivity (Wildman–Crippen MR) is 97.4 cm³/mol. The molecular weight excluding hydrogens is 362 g/mol. The number of aryl methyl sites for hydroxylation is 1. The van der Waals surface area contributed by atoms with Gasteiger partial charge in [-0.2, -0.15) is 5.10 Å². The minimum Gasteiger partial charge on any atom is -0.326 e. The lowest BCUT2D eigenvalue weighted by molar-refractivity contribution is -0.386. The van der Waals surface area contributed by atoms with Crippen molar-refractivity contribution >= 4 is 40.5 Å². The molecule has 1 aromatic heterocycles. The van der Waals surface area contributed by atoms with Crippen molar-refractivity contribution in [3.05, 3.63) is 44.7 Å². The number of amides is 2. The van der Waals surface area contributed by atoms with Crippen LogP contribution < -0.4 is 10.6 Å². The molecule has 0 saturated heterocycles. The van der Waals surface area contributed by atoms with E-state index in [1.807, 2.05) is 0 Å². The van der Waals surface area contributed by atoms with Crippen molar-refractivity contribution < 1.29 is 14.5 Å². The second-order valence-corrected chi connectivity index (χ2v) is 5.99. The molecular formula is C16H18ClN5O4. The van der Waals surface area contributed by atoms with Gasteiger partial charge in [0.1, 0.15) is 17.9 Å². The number of carbonyl (C=O) groups is 2. The third-order valence-electron chi connectivity index (χ3n) is 3.66. The van der Waals surface area contributed by atoms with Gasteiger partial charge in [-0.3, -0.25) is 24.4 Å². The third kappa shape index (κ3) is 4.37. The summed E-state index contributed by atoms with van der Waals surface area (Å²) in [5, 5.41) is 20.6. The summed E-state index contributed by atoms with van der Waals surface area (Å²) in [6, 6.07) is 4.71. The number of aromatic nitrogens is 2. The molecule has 0 aliphatic rings. The lowest BCUT2D eigenvalue weighted by Crippen LogP contribution is -2.20. The van der Waals surface area contributed by atoms with Crippen LogP contribution in [0.3, 0.4) is 0 Å². The van der Waals surface area contributed by atoms with Crippen molar-refractivity contribution in [2.75, 3.05) is 10.6 Å². The second kappa shape index (κ2) is 7.96. The van der Waals surface area contributed by atoms with Crippen molar-refractivity contribution in [1.82, 2.24) is 9.78 Å². The predicted octanol–water partition coefficient (Wildman–Crippen LogP) is 3.05. The molecule has 0 unspecified atom stereocenters. The molecule has 26 heavy (non-hydrogen) atoms. The monoisotopic (exact) mass is 379 g/mol. The van der Waals surface area contributed by atoms with Crippen LogP contribution in [-0.4, -0.2) is 26.5 Å². The number of rotatable bonds is 6. The van der Waals surface area contributed by atoms with Gasteiger partial charge in [0.25, 0.3) is 0 Å². The van der Waals surface area contributed by atoms with Crippen LogP contribution in [0.15, 0.2) is 18.2 Å². The Morgan fingerprint density at radius 1 is 1.27 bits per heavy atom. The number of anilines is 2. The van der Waals surface area contributed by atoms with E-state index in [-0.39, 0.29) is 29.5 Å². The maximum absolute atomic E-state index is 12.3. The summed E-state index contributed by atoms with van der Waals surface area (Å²) in [7, 11) is 0. The molecule has 1 heterocycles. The molecule has 0 atom stereocenters. The minimum absolute atomic E-state index is 0.111. The fourth-order valence-electron chi connectivity index (χ4n) is 2.38. The highest BCUT2D eigenvalue weighted by molar-refractivity contribution is 6.33. The van der Waals surface area contributed by atoms with E-state index >= 15 is 0 Å². The highest BCUT2D eigenvalue weighted by Gasteiger charge is 2.22. The molecule has 0 fully saturated rings. The molecule has 9 nitrogen and oxygen atoms in total. The largest absolute Gasteiger partial charge is 0.326 e. The molecule has 0 aliphatic carbocycles. The topological polar surface area (TPSA) is 119 Å². The zero-order valence-corrected chi connectivity index (χ0v) is 15.3. The number of nitrogens with one attached hydrogen (secondary N) is 2. The van der Waals surface area contributed by atoms with E-state index in [0.29, 0.717) is 22.8 Å². The maximum Gasteiger partial charge on any atom is 0.312 e. The summed E-state index contributed by atoms with van der Waals surface area (Å²) in [6.45, 7) is 4.56. The van der Waals surface area contributed by atoms with E-state index in [9.17, 15) is 19.7 Å². The zero-order chi connectivity index (χ0) is 19.4. The first-order chi connectivity index (χ1) is 12.2. The second-order valence-electron chi connectivity index (χ2n) is 5.58. The number of nitrogens with zero attached hydrogens (tertiary/aromatic N) is 3. The Labute approximate surface area is 154 Å². The van der Waals surface area contributed by atoms with Crippen LogP contribution in [0.25, 0.3) is 0 Å². The molecule has 2 amide bonds. The van der Waals surface area contributed by atoms with E-state index in [1.165, 1.54) is 24.6 Å². The van der Waals surface area contributed by atoms with Crippen molar-refractivity contribution in [2.24, 2.45) is 0 Å². The number of benzene rings is 1. The first kappa shape index (κ1) is 19.4. The molecule has 0 aliphatic heterocycles. The molecule has 0 saturated carbocycles. The number of carbonyl (C=O) groups excluding carboxylic acids is 2. The van der Waals surface area contributed by atoms with Crippen LogP contribution in [-0.2, 0) is 16.1 Å². The molecule has 2 N–H and O–H groups in total. The smallest absolute Gasteiger partial charge is 0.312 e. The van der Waals surface area contributed by atoms with Crippen molar-refractivity contribution in [3.8, 4) is 0 Å². The Hall–Kier alpha value is -2.94. The van der Waals surface area contributed by atoms with Gasteiger partial charge in [-0.1, -0.05) is 18.5 Å². The maximum atomic E-state index is 12.3. The van der Waals surface area contributed by atoms with Crippen LogP contribution >= 0.6 is 11.6 Å². The highest BCUT2D eigenvalue weighted by Crippen LogP contribution is 2.26. The number of hydrogen-bond donors (Lipinski definition) is 2. The summed E-state index contributed by atoms with van der Waals surface area (Å²) in [5.41, 5.74) is 1.24. The lowest BCUT2D eigenvalue weighted by atomic mass is 10.2. The summed E-state index contributed by atoms with van der Waals surface area (Å²) < 4.78 is 1.26. The van der Waals surface area contributed by atoms with Gasteiger partial charge in [-0.25, -0.2) is 0 Å². The molecule has 10 heteroatoms. The molecule has 1 aromatic carbocycles. The first-order valence-electron chi connectivity index (χ1n) is 7.80. The van der Waals surface area contributed by atoms with Crippen LogP contribution in [0, 0.1) is 24.0 Å². The SMILES string of the molecule is CCC(=O)Nc1ccc(Cl)c(NC(=O)Cn2nc(C)c([N+](=O)[O-])c2C)c1. The van der Waals surface area contributed by atoms with Gasteiger partial charge >= 0.3 is 5.69 Å². The van der Waals surface area contributed by atoms with Crippen molar-refractivity contribution in [1.29, 1.82) is 0 Å². The average molecular weight is 380 g/mol. The van der Waals surface area contributed by atoms with Gasteiger partial charge in [0.15, 0.2) is 0 Å². The van der Waals surface area contributed by atoms with E-state index < -0.39 is 10.8 Å². The quantitative estimate of drug-likeness (QED) is 0.590. The summed E-state index contributed by atoms with van der Waals surface area (Å²) in [6.07, 6.45) is 0.320. The van der Waals surface area contributed by atoms with E-state index in [2.05, 4.69) is 15.7 Å².